The third-order valence-corrected chi connectivity index (χ3v) is 3.95. The van der Waals surface area contributed by atoms with E-state index in [0.29, 0.717) is 11.3 Å². The van der Waals surface area contributed by atoms with Crippen LogP contribution < -0.4 is 0 Å². The molecule has 2 rings (SSSR count). The lowest BCUT2D eigenvalue weighted by molar-refractivity contribution is 0.0995. The van der Waals surface area contributed by atoms with Crippen LogP contribution in [-0.2, 0) is 6.42 Å². The number of carbonyl (C=O) groups is 1. The normalized spacial score (nSPS) is 10.7. The van der Waals surface area contributed by atoms with E-state index >= 15 is 0 Å². The summed E-state index contributed by atoms with van der Waals surface area (Å²) in [6.07, 6.45) is 0.433. The maximum atomic E-state index is 12.2. The second kappa shape index (κ2) is 4.98. The van der Waals surface area contributed by atoms with Crippen LogP contribution in [0.15, 0.2) is 12.1 Å². The molecule has 0 atom stereocenters. The minimum Gasteiger partial charge on any atom is -0.293 e. The lowest BCUT2D eigenvalue weighted by Crippen LogP contribution is -2.06. The summed E-state index contributed by atoms with van der Waals surface area (Å²) in [5, 5.41) is 3.89. The maximum Gasteiger partial charge on any atom is 0.180 e. The molecule has 0 amide bonds. The van der Waals surface area contributed by atoms with Gasteiger partial charge in [-0.1, -0.05) is 22.2 Å². The molecule has 94 valence electrons. The van der Waals surface area contributed by atoms with Crippen molar-refractivity contribution in [2.45, 2.75) is 34.1 Å². The summed E-state index contributed by atoms with van der Waals surface area (Å²) < 4.78 is 3.81. The first-order valence-electron chi connectivity index (χ1n) is 5.88. The van der Waals surface area contributed by atoms with Gasteiger partial charge in [0.2, 0.25) is 0 Å². The van der Waals surface area contributed by atoms with Crippen molar-refractivity contribution < 1.29 is 4.79 Å². The molecule has 0 fully saturated rings. The summed E-state index contributed by atoms with van der Waals surface area (Å²) in [5.74, 6) is 0.109. The molecule has 1 heterocycles. The van der Waals surface area contributed by atoms with Crippen LogP contribution in [-0.4, -0.2) is 15.4 Å². The number of carbonyl (C=O) groups excluding carboxylic acids is 1. The van der Waals surface area contributed by atoms with E-state index in [1.54, 1.807) is 0 Å². The molecule has 0 aliphatic carbocycles. The lowest BCUT2D eigenvalue weighted by atomic mass is 9.95. The van der Waals surface area contributed by atoms with Crippen molar-refractivity contribution in [2.75, 3.05) is 0 Å². The number of nitrogens with zero attached hydrogens (tertiary/aromatic N) is 2. The number of hydrogen-bond donors (Lipinski definition) is 0. The van der Waals surface area contributed by atoms with Gasteiger partial charge < -0.3 is 0 Å². The average Bonchev–Trinajstić information content (AvgIpc) is 2.69. The molecule has 0 aliphatic heterocycles. The first kappa shape index (κ1) is 12.9. The van der Waals surface area contributed by atoms with Crippen LogP contribution >= 0.6 is 11.5 Å². The summed E-state index contributed by atoms with van der Waals surface area (Å²) in [4.78, 5) is 12.9. The molecule has 18 heavy (non-hydrogen) atoms. The fourth-order valence-electron chi connectivity index (χ4n) is 2.22. The van der Waals surface area contributed by atoms with E-state index < -0.39 is 0 Å². The Morgan fingerprint density at radius 1 is 1.17 bits per heavy atom. The van der Waals surface area contributed by atoms with Gasteiger partial charge in [-0.15, -0.1) is 5.10 Å². The Morgan fingerprint density at radius 2 is 1.78 bits per heavy atom. The van der Waals surface area contributed by atoms with Crippen molar-refractivity contribution in [1.29, 1.82) is 0 Å². The Bertz CT molecular complexity index is 579. The van der Waals surface area contributed by atoms with Gasteiger partial charge in [0.25, 0.3) is 0 Å². The number of rotatable bonds is 3. The van der Waals surface area contributed by atoms with Gasteiger partial charge in [-0.3, -0.25) is 4.79 Å². The lowest BCUT2D eigenvalue weighted by Gasteiger charge is -2.10. The van der Waals surface area contributed by atoms with Gasteiger partial charge in [0.15, 0.2) is 5.78 Å². The Kier molecular flexibility index (Phi) is 3.57. The molecule has 2 aromatic rings. The Hall–Kier alpha value is -1.55. The largest absolute Gasteiger partial charge is 0.293 e. The highest BCUT2D eigenvalue weighted by Crippen LogP contribution is 2.20. The standard InChI is InChI=1S/C14H16N2OS/c1-8-5-9(2)12(10(3)6-8)7-13(17)14-11(4)15-16-18-14/h5-6H,7H2,1-4H3. The van der Waals surface area contributed by atoms with Crippen LogP contribution in [0.2, 0.25) is 0 Å². The molecule has 1 aromatic carbocycles. The SMILES string of the molecule is Cc1cc(C)c(CC(=O)c2snnc2C)c(C)c1. The molecule has 4 heteroatoms. The first-order chi connectivity index (χ1) is 8.49. The van der Waals surface area contributed by atoms with E-state index in [1.165, 1.54) is 28.2 Å². The topological polar surface area (TPSA) is 42.9 Å². The second-order valence-electron chi connectivity index (χ2n) is 4.66. The van der Waals surface area contributed by atoms with E-state index in [2.05, 4.69) is 42.5 Å². The highest BCUT2D eigenvalue weighted by molar-refractivity contribution is 7.08. The number of ketones is 1. The maximum absolute atomic E-state index is 12.2. The predicted molar refractivity (Wildman–Crippen MR) is 73.3 cm³/mol. The Balaban J connectivity index is 2.31. The van der Waals surface area contributed by atoms with Gasteiger partial charge in [-0.25, -0.2) is 0 Å². The van der Waals surface area contributed by atoms with Crippen LogP contribution in [0.4, 0.5) is 0 Å². The second-order valence-corrected chi connectivity index (χ2v) is 5.42. The van der Waals surface area contributed by atoms with Crippen LogP contribution in [0.1, 0.15) is 37.6 Å². The monoisotopic (exact) mass is 260 g/mol. The molecule has 0 saturated heterocycles. The van der Waals surface area contributed by atoms with Crippen LogP contribution in [0, 0.1) is 27.7 Å². The molecular weight excluding hydrogens is 244 g/mol. The van der Waals surface area contributed by atoms with Gasteiger partial charge in [0, 0.05) is 6.42 Å². The summed E-state index contributed by atoms with van der Waals surface area (Å²) in [6, 6.07) is 4.24. The van der Waals surface area contributed by atoms with Crippen LogP contribution in [0.25, 0.3) is 0 Å². The van der Waals surface area contributed by atoms with Gasteiger partial charge in [0.1, 0.15) is 4.88 Å². The van der Waals surface area contributed by atoms with Crippen molar-refractivity contribution in [2.24, 2.45) is 0 Å². The number of benzene rings is 1. The minimum atomic E-state index is 0.109. The Morgan fingerprint density at radius 3 is 2.28 bits per heavy atom. The first-order valence-corrected chi connectivity index (χ1v) is 6.65. The average molecular weight is 260 g/mol. The highest BCUT2D eigenvalue weighted by atomic mass is 32.1. The third-order valence-electron chi connectivity index (χ3n) is 3.08. The molecule has 1 aromatic heterocycles. The van der Waals surface area contributed by atoms with E-state index in [1.807, 2.05) is 6.92 Å². The highest BCUT2D eigenvalue weighted by Gasteiger charge is 2.16. The van der Waals surface area contributed by atoms with E-state index in [9.17, 15) is 4.79 Å². The molecule has 0 N–H and O–H groups in total. The van der Waals surface area contributed by atoms with Crippen molar-refractivity contribution in [1.82, 2.24) is 9.59 Å². The van der Waals surface area contributed by atoms with E-state index in [0.717, 1.165) is 11.3 Å². The molecule has 0 bridgehead atoms. The molecule has 0 spiro atoms. The summed E-state index contributed by atoms with van der Waals surface area (Å²) in [6.45, 7) is 8.01. The molecular formula is C14H16N2OS. The smallest absolute Gasteiger partial charge is 0.180 e. The van der Waals surface area contributed by atoms with Crippen LogP contribution in [0.3, 0.4) is 0 Å². The Labute approximate surface area is 111 Å². The number of hydrogen-bond acceptors (Lipinski definition) is 4. The van der Waals surface area contributed by atoms with Gasteiger partial charge >= 0.3 is 0 Å². The molecule has 0 aliphatic rings. The summed E-state index contributed by atoms with van der Waals surface area (Å²) >= 11 is 1.18. The number of aryl methyl sites for hydroxylation is 4. The van der Waals surface area contributed by atoms with Gasteiger partial charge in [0.05, 0.1) is 5.69 Å². The predicted octanol–water partition coefficient (Wildman–Crippen LogP) is 3.20. The van der Waals surface area contributed by atoms with Gasteiger partial charge in [-0.05, 0) is 55.9 Å². The molecule has 0 radical (unpaired) electrons. The van der Waals surface area contributed by atoms with Crippen molar-refractivity contribution in [3.8, 4) is 0 Å². The molecule has 3 nitrogen and oxygen atoms in total. The van der Waals surface area contributed by atoms with Crippen molar-refractivity contribution in [3.63, 3.8) is 0 Å². The zero-order chi connectivity index (χ0) is 13.3. The zero-order valence-corrected chi connectivity index (χ0v) is 11.9. The quantitative estimate of drug-likeness (QED) is 0.796. The number of Topliss-reactive ketones (excluding diaryl/α,β-unsaturated/α-hetero) is 1. The minimum absolute atomic E-state index is 0.109. The summed E-state index contributed by atoms with van der Waals surface area (Å²) in [5.41, 5.74) is 5.44. The van der Waals surface area contributed by atoms with Crippen molar-refractivity contribution >= 4 is 17.3 Å². The molecule has 0 unspecified atom stereocenters. The molecule has 0 saturated carbocycles. The third kappa shape index (κ3) is 2.48. The number of aromatic nitrogens is 2. The van der Waals surface area contributed by atoms with Crippen molar-refractivity contribution in [3.05, 3.63) is 45.0 Å². The fraction of sp³-hybridized carbons (Fsp3) is 0.357. The van der Waals surface area contributed by atoms with E-state index in [-0.39, 0.29) is 5.78 Å². The van der Waals surface area contributed by atoms with Crippen LogP contribution in [0.5, 0.6) is 0 Å². The van der Waals surface area contributed by atoms with Gasteiger partial charge in [-0.2, -0.15) is 0 Å². The zero-order valence-electron chi connectivity index (χ0n) is 11.1. The van der Waals surface area contributed by atoms with E-state index in [4.69, 9.17) is 0 Å². The summed E-state index contributed by atoms with van der Waals surface area (Å²) in [7, 11) is 0. The fourth-order valence-corrected chi connectivity index (χ4v) is 2.81.